The second kappa shape index (κ2) is 8.88. The number of thiazole rings is 1. The third-order valence-electron chi connectivity index (χ3n) is 5.83. The number of phenols is 1. The molecule has 0 radical (unpaired) electrons. The van der Waals surface area contributed by atoms with Gasteiger partial charge >= 0.3 is 0 Å². The van der Waals surface area contributed by atoms with E-state index in [4.69, 9.17) is 4.42 Å². The van der Waals surface area contributed by atoms with E-state index in [1.807, 2.05) is 19.2 Å². The smallest absolute Gasteiger partial charge is 0.202 e. The Hall–Kier alpha value is -2.22. The molecule has 1 fully saturated rings. The van der Waals surface area contributed by atoms with E-state index in [-0.39, 0.29) is 11.2 Å². The van der Waals surface area contributed by atoms with Crippen LogP contribution in [0.1, 0.15) is 37.1 Å². The van der Waals surface area contributed by atoms with E-state index in [9.17, 15) is 9.90 Å². The van der Waals surface area contributed by atoms with Gasteiger partial charge in [0.2, 0.25) is 5.43 Å². The fraction of sp³-hybridized carbons (Fsp3) is 0.478. The molecule has 7 heteroatoms. The first-order valence-corrected chi connectivity index (χ1v) is 11.6. The first-order valence-electron chi connectivity index (χ1n) is 10.7. The predicted octanol–water partition coefficient (Wildman–Crippen LogP) is 4.02. The van der Waals surface area contributed by atoms with Crippen molar-refractivity contribution in [2.24, 2.45) is 0 Å². The van der Waals surface area contributed by atoms with E-state index >= 15 is 0 Å². The van der Waals surface area contributed by atoms with E-state index < -0.39 is 0 Å². The molecule has 1 aliphatic heterocycles. The van der Waals surface area contributed by atoms with Crippen molar-refractivity contribution in [1.82, 2.24) is 14.8 Å². The summed E-state index contributed by atoms with van der Waals surface area (Å²) in [5.74, 6) is 0.252. The monoisotopic (exact) mass is 427 g/mol. The Morgan fingerprint density at radius 2 is 1.93 bits per heavy atom. The average molecular weight is 428 g/mol. The molecule has 1 aromatic carbocycles. The number of phenolic OH excluding ortho intramolecular Hbond substituents is 1. The quantitative estimate of drug-likeness (QED) is 0.641. The summed E-state index contributed by atoms with van der Waals surface area (Å²) in [5, 5.41) is 14.0. The largest absolute Gasteiger partial charge is 0.507 e. The number of rotatable bonds is 6. The zero-order valence-electron chi connectivity index (χ0n) is 17.9. The van der Waals surface area contributed by atoms with Crippen molar-refractivity contribution < 1.29 is 9.52 Å². The van der Waals surface area contributed by atoms with Gasteiger partial charge in [-0.05, 0) is 37.9 Å². The molecule has 0 amide bonds. The van der Waals surface area contributed by atoms with Gasteiger partial charge in [0, 0.05) is 43.8 Å². The van der Waals surface area contributed by atoms with E-state index in [0.29, 0.717) is 40.1 Å². The van der Waals surface area contributed by atoms with Crippen LogP contribution in [0, 0.1) is 6.92 Å². The van der Waals surface area contributed by atoms with Crippen molar-refractivity contribution in [3.63, 3.8) is 0 Å². The highest BCUT2D eigenvalue weighted by molar-refractivity contribution is 7.13. The lowest BCUT2D eigenvalue weighted by Crippen LogP contribution is -2.46. The van der Waals surface area contributed by atoms with Crippen LogP contribution < -0.4 is 5.43 Å². The minimum absolute atomic E-state index is 0.0886. The van der Waals surface area contributed by atoms with Crippen molar-refractivity contribution in [3.05, 3.63) is 44.8 Å². The van der Waals surface area contributed by atoms with E-state index in [2.05, 4.69) is 21.7 Å². The summed E-state index contributed by atoms with van der Waals surface area (Å²) in [4.78, 5) is 22.5. The summed E-state index contributed by atoms with van der Waals surface area (Å²) in [7, 11) is 0. The Labute approximate surface area is 180 Å². The Morgan fingerprint density at radius 1 is 1.20 bits per heavy atom. The number of hydrogen-bond acceptors (Lipinski definition) is 7. The van der Waals surface area contributed by atoms with Gasteiger partial charge in [-0.1, -0.05) is 13.8 Å². The summed E-state index contributed by atoms with van der Waals surface area (Å²) in [5.41, 5.74) is 3.26. The molecular formula is C23H29N3O3S. The molecule has 2 aromatic heterocycles. The Balaban J connectivity index is 1.73. The van der Waals surface area contributed by atoms with Crippen LogP contribution in [0.5, 0.6) is 5.75 Å². The molecule has 0 aliphatic carbocycles. The van der Waals surface area contributed by atoms with Crippen LogP contribution in [-0.2, 0) is 13.0 Å². The van der Waals surface area contributed by atoms with E-state index in [1.54, 1.807) is 6.07 Å². The van der Waals surface area contributed by atoms with Gasteiger partial charge in [-0.15, -0.1) is 11.3 Å². The molecule has 0 saturated carbocycles. The van der Waals surface area contributed by atoms with Gasteiger partial charge in [-0.3, -0.25) is 9.69 Å². The molecule has 0 atom stereocenters. The van der Waals surface area contributed by atoms with Gasteiger partial charge in [0.25, 0.3) is 0 Å². The van der Waals surface area contributed by atoms with Gasteiger partial charge in [0.1, 0.15) is 22.6 Å². The summed E-state index contributed by atoms with van der Waals surface area (Å²) in [6, 6.07) is 1.78. The third-order valence-corrected chi connectivity index (χ3v) is 6.82. The molecule has 6 nitrogen and oxygen atoms in total. The summed E-state index contributed by atoms with van der Waals surface area (Å²) in [6.07, 6.45) is 3.31. The van der Waals surface area contributed by atoms with Gasteiger partial charge < -0.3 is 14.4 Å². The van der Waals surface area contributed by atoms with Crippen molar-refractivity contribution in [1.29, 1.82) is 0 Å². The zero-order chi connectivity index (χ0) is 21.3. The zero-order valence-corrected chi connectivity index (χ0v) is 18.7. The number of hydrogen-bond donors (Lipinski definition) is 1. The van der Waals surface area contributed by atoms with Crippen LogP contribution in [0.4, 0.5) is 0 Å². The number of fused-ring (bicyclic) bond motifs is 1. The Morgan fingerprint density at radius 3 is 2.57 bits per heavy atom. The van der Waals surface area contributed by atoms with Crippen LogP contribution in [0.2, 0.25) is 0 Å². The first-order chi connectivity index (χ1) is 14.5. The molecule has 4 rings (SSSR count). The van der Waals surface area contributed by atoms with Crippen LogP contribution in [-0.4, -0.2) is 52.6 Å². The molecule has 3 aromatic rings. The first kappa shape index (κ1) is 21.0. The standard InChI is InChI=1S/C23H29N3O3S/c1-4-6-25-7-9-26(10-8-25)12-18-20(27)16(5-2)11-17-21(28)19(13-29-22(17)18)23-24-15(3)14-30-23/h11,13-14,27H,4-10,12H2,1-3H3. The highest BCUT2D eigenvalue weighted by Gasteiger charge is 2.23. The fourth-order valence-corrected chi connectivity index (χ4v) is 4.94. The lowest BCUT2D eigenvalue weighted by molar-refractivity contribution is 0.126. The normalized spacial score (nSPS) is 15.8. The molecule has 1 N–H and O–H groups in total. The highest BCUT2D eigenvalue weighted by atomic mass is 32.1. The minimum atomic E-state index is -0.0886. The highest BCUT2D eigenvalue weighted by Crippen LogP contribution is 2.33. The molecule has 3 heterocycles. The van der Waals surface area contributed by atoms with Gasteiger partial charge in [-0.2, -0.15) is 0 Å². The number of aromatic hydroxyl groups is 1. The van der Waals surface area contributed by atoms with Crippen LogP contribution in [0.3, 0.4) is 0 Å². The predicted molar refractivity (Wildman–Crippen MR) is 121 cm³/mol. The maximum Gasteiger partial charge on any atom is 0.202 e. The SMILES string of the molecule is CCCN1CCN(Cc2c(O)c(CC)cc3c(=O)c(-c4nc(C)cs4)coc23)CC1. The Bertz CT molecular complexity index is 1100. The third kappa shape index (κ3) is 4.02. The average Bonchev–Trinajstić information content (AvgIpc) is 3.17. The second-order valence-electron chi connectivity index (χ2n) is 7.98. The number of aromatic nitrogens is 1. The minimum Gasteiger partial charge on any atom is -0.507 e. The summed E-state index contributed by atoms with van der Waals surface area (Å²) < 4.78 is 5.97. The van der Waals surface area contributed by atoms with Gasteiger partial charge in [0.15, 0.2) is 0 Å². The number of aryl methyl sites for hydroxylation is 2. The maximum atomic E-state index is 13.3. The maximum absolute atomic E-state index is 13.3. The van der Waals surface area contributed by atoms with E-state index in [1.165, 1.54) is 17.6 Å². The Kier molecular flexibility index (Phi) is 6.22. The van der Waals surface area contributed by atoms with Crippen molar-refractivity contribution in [2.45, 2.75) is 40.2 Å². The van der Waals surface area contributed by atoms with Crippen LogP contribution in [0.15, 0.2) is 26.9 Å². The molecule has 0 spiro atoms. The fourth-order valence-electron chi connectivity index (χ4n) is 4.14. The molecule has 160 valence electrons. The number of benzene rings is 1. The van der Waals surface area contributed by atoms with Crippen molar-refractivity contribution >= 4 is 22.3 Å². The molecule has 0 unspecified atom stereocenters. The second-order valence-corrected chi connectivity index (χ2v) is 8.84. The summed E-state index contributed by atoms with van der Waals surface area (Å²) in [6.45, 7) is 11.7. The molecular weight excluding hydrogens is 398 g/mol. The van der Waals surface area contributed by atoms with Gasteiger partial charge in [-0.25, -0.2) is 4.98 Å². The lowest BCUT2D eigenvalue weighted by Gasteiger charge is -2.34. The van der Waals surface area contributed by atoms with E-state index in [0.717, 1.165) is 50.4 Å². The van der Waals surface area contributed by atoms with Crippen LogP contribution in [0.25, 0.3) is 21.5 Å². The van der Waals surface area contributed by atoms with Crippen molar-refractivity contribution in [2.75, 3.05) is 32.7 Å². The topological polar surface area (TPSA) is 69.8 Å². The molecule has 0 bridgehead atoms. The lowest BCUT2D eigenvalue weighted by atomic mass is 10.0. The van der Waals surface area contributed by atoms with Crippen LogP contribution >= 0.6 is 11.3 Å². The van der Waals surface area contributed by atoms with Gasteiger partial charge in [0.05, 0.1) is 16.5 Å². The summed E-state index contributed by atoms with van der Waals surface area (Å²) >= 11 is 1.44. The molecule has 1 saturated heterocycles. The number of nitrogens with zero attached hydrogens (tertiary/aromatic N) is 3. The van der Waals surface area contributed by atoms with Crippen molar-refractivity contribution in [3.8, 4) is 16.3 Å². The number of piperazine rings is 1. The molecule has 30 heavy (non-hydrogen) atoms. The molecule has 1 aliphatic rings.